The van der Waals surface area contributed by atoms with E-state index in [4.69, 9.17) is 4.74 Å². The fraction of sp³-hybridized carbons (Fsp3) is 0.235. The van der Waals surface area contributed by atoms with E-state index in [0.717, 1.165) is 5.56 Å². The standard InChI is InChI=1S/C17H17FO3/c1-17(16(19)20,14-8-3-4-9-15(14)18)11-12-6-5-7-13(10-12)21-2/h3-10H,11H2,1-2H3,(H,19,20). The summed E-state index contributed by atoms with van der Waals surface area (Å²) in [5.41, 5.74) is -0.375. The van der Waals surface area contributed by atoms with Crippen molar-refractivity contribution in [3.63, 3.8) is 0 Å². The largest absolute Gasteiger partial charge is 0.497 e. The monoisotopic (exact) mass is 288 g/mol. The zero-order valence-electron chi connectivity index (χ0n) is 12.0. The van der Waals surface area contributed by atoms with Crippen LogP contribution in [-0.4, -0.2) is 18.2 Å². The van der Waals surface area contributed by atoms with E-state index in [1.165, 1.54) is 19.1 Å². The predicted molar refractivity (Wildman–Crippen MR) is 78.1 cm³/mol. The maximum absolute atomic E-state index is 14.0. The van der Waals surface area contributed by atoms with Gasteiger partial charge in [-0.25, -0.2) is 4.39 Å². The summed E-state index contributed by atoms with van der Waals surface area (Å²) in [6.07, 6.45) is 0.181. The molecule has 0 heterocycles. The zero-order chi connectivity index (χ0) is 15.5. The molecule has 0 bridgehead atoms. The zero-order valence-corrected chi connectivity index (χ0v) is 12.0. The molecule has 0 aliphatic rings. The van der Waals surface area contributed by atoms with E-state index in [2.05, 4.69) is 0 Å². The Morgan fingerprint density at radius 3 is 2.57 bits per heavy atom. The van der Waals surface area contributed by atoms with Crippen molar-refractivity contribution in [3.8, 4) is 5.75 Å². The van der Waals surface area contributed by atoms with Gasteiger partial charge in [0.25, 0.3) is 0 Å². The van der Waals surface area contributed by atoms with Crippen molar-refractivity contribution in [2.24, 2.45) is 0 Å². The van der Waals surface area contributed by atoms with Crippen LogP contribution in [0.4, 0.5) is 4.39 Å². The lowest BCUT2D eigenvalue weighted by molar-refractivity contribution is -0.143. The molecule has 0 spiro atoms. The summed E-state index contributed by atoms with van der Waals surface area (Å²) in [5.74, 6) is -0.922. The first-order chi connectivity index (χ1) is 9.97. The summed E-state index contributed by atoms with van der Waals surface area (Å²) in [5, 5.41) is 9.60. The minimum Gasteiger partial charge on any atom is -0.497 e. The van der Waals surface area contributed by atoms with Crippen LogP contribution in [-0.2, 0) is 16.6 Å². The van der Waals surface area contributed by atoms with Crippen molar-refractivity contribution in [1.29, 1.82) is 0 Å². The van der Waals surface area contributed by atoms with Crippen molar-refractivity contribution < 1.29 is 19.0 Å². The highest BCUT2D eigenvalue weighted by atomic mass is 19.1. The quantitative estimate of drug-likeness (QED) is 0.917. The summed E-state index contributed by atoms with van der Waals surface area (Å²) in [4.78, 5) is 11.7. The molecule has 0 saturated heterocycles. The van der Waals surface area contributed by atoms with E-state index in [-0.39, 0.29) is 12.0 Å². The third kappa shape index (κ3) is 3.05. The van der Waals surface area contributed by atoms with Crippen molar-refractivity contribution in [3.05, 3.63) is 65.5 Å². The molecule has 2 rings (SSSR count). The first-order valence-electron chi connectivity index (χ1n) is 6.58. The second-order valence-corrected chi connectivity index (χ2v) is 5.15. The fourth-order valence-corrected chi connectivity index (χ4v) is 2.39. The molecule has 3 nitrogen and oxygen atoms in total. The number of hydrogen-bond donors (Lipinski definition) is 1. The van der Waals surface area contributed by atoms with Crippen LogP contribution in [0.2, 0.25) is 0 Å². The van der Waals surface area contributed by atoms with Crippen LogP contribution >= 0.6 is 0 Å². The van der Waals surface area contributed by atoms with Crippen LogP contribution in [0.1, 0.15) is 18.1 Å². The molecule has 2 aromatic carbocycles. The molecule has 0 amide bonds. The first-order valence-corrected chi connectivity index (χ1v) is 6.58. The van der Waals surface area contributed by atoms with Gasteiger partial charge in [0.15, 0.2) is 0 Å². The lowest BCUT2D eigenvalue weighted by Crippen LogP contribution is -2.35. The summed E-state index contributed by atoms with van der Waals surface area (Å²) >= 11 is 0. The fourth-order valence-electron chi connectivity index (χ4n) is 2.39. The van der Waals surface area contributed by atoms with Gasteiger partial charge < -0.3 is 9.84 Å². The van der Waals surface area contributed by atoms with E-state index in [0.29, 0.717) is 5.75 Å². The summed E-state index contributed by atoms with van der Waals surface area (Å²) in [7, 11) is 1.55. The van der Waals surface area contributed by atoms with Gasteiger partial charge >= 0.3 is 5.97 Å². The Labute approximate surface area is 123 Å². The normalized spacial score (nSPS) is 13.5. The van der Waals surface area contributed by atoms with Crippen LogP contribution in [0.5, 0.6) is 5.75 Å². The van der Waals surface area contributed by atoms with E-state index in [9.17, 15) is 14.3 Å². The molecule has 0 aliphatic heterocycles. The van der Waals surface area contributed by atoms with Gasteiger partial charge in [0.2, 0.25) is 0 Å². The molecule has 0 saturated carbocycles. The Kier molecular flexibility index (Phi) is 4.26. The smallest absolute Gasteiger partial charge is 0.314 e. The summed E-state index contributed by atoms with van der Waals surface area (Å²) in [6, 6.07) is 13.1. The molecule has 0 aromatic heterocycles. The molecule has 0 fully saturated rings. The highest BCUT2D eigenvalue weighted by Crippen LogP contribution is 2.31. The number of halogens is 1. The second-order valence-electron chi connectivity index (χ2n) is 5.15. The van der Waals surface area contributed by atoms with E-state index in [1.807, 2.05) is 6.07 Å². The third-order valence-electron chi connectivity index (χ3n) is 3.63. The minimum atomic E-state index is -1.34. The molecule has 4 heteroatoms. The average molecular weight is 288 g/mol. The van der Waals surface area contributed by atoms with Crippen LogP contribution in [0.3, 0.4) is 0 Å². The third-order valence-corrected chi connectivity index (χ3v) is 3.63. The van der Waals surface area contributed by atoms with Gasteiger partial charge in [-0.1, -0.05) is 30.3 Å². The number of rotatable bonds is 5. The molecule has 2 aromatic rings. The number of aliphatic carboxylic acids is 1. The SMILES string of the molecule is COc1cccc(CC(C)(C(=O)O)c2ccccc2F)c1. The summed E-state index contributed by atoms with van der Waals surface area (Å²) in [6.45, 7) is 1.53. The lowest BCUT2D eigenvalue weighted by Gasteiger charge is -2.26. The number of methoxy groups -OCH3 is 1. The molecule has 110 valence electrons. The van der Waals surface area contributed by atoms with Crippen LogP contribution in [0.15, 0.2) is 48.5 Å². The van der Waals surface area contributed by atoms with Gasteiger partial charge in [0, 0.05) is 5.56 Å². The molecule has 1 N–H and O–H groups in total. The molecule has 1 atom stereocenters. The van der Waals surface area contributed by atoms with E-state index < -0.39 is 17.2 Å². The average Bonchev–Trinajstić information content (AvgIpc) is 2.47. The van der Waals surface area contributed by atoms with E-state index >= 15 is 0 Å². The van der Waals surface area contributed by atoms with Gasteiger partial charge in [0.05, 0.1) is 12.5 Å². The van der Waals surface area contributed by atoms with Gasteiger partial charge in [-0.3, -0.25) is 4.79 Å². The Balaban J connectivity index is 2.44. The Bertz CT molecular complexity index is 654. The first kappa shape index (κ1) is 15.0. The van der Waals surface area contributed by atoms with E-state index in [1.54, 1.807) is 37.4 Å². The van der Waals surface area contributed by atoms with Gasteiger partial charge in [0.1, 0.15) is 11.6 Å². The van der Waals surface area contributed by atoms with Crippen molar-refractivity contribution >= 4 is 5.97 Å². The summed E-state index contributed by atoms with van der Waals surface area (Å²) < 4.78 is 19.1. The molecule has 1 unspecified atom stereocenters. The molecule has 0 aliphatic carbocycles. The van der Waals surface area contributed by atoms with Crippen LogP contribution in [0.25, 0.3) is 0 Å². The van der Waals surface area contributed by atoms with Gasteiger partial charge in [-0.2, -0.15) is 0 Å². The number of carboxylic acids is 1. The molecular weight excluding hydrogens is 271 g/mol. The molecule has 21 heavy (non-hydrogen) atoms. The molecule has 0 radical (unpaired) electrons. The van der Waals surface area contributed by atoms with Crippen LogP contribution < -0.4 is 4.74 Å². The van der Waals surface area contributed by atoms with Crippen LogP contribution in [0, 0.1) is 5.82 Å². The van der Waals surface area contributed by atoms with Gasteiger partial charge in [-0.05, 0) is 37.1 Å². The topological polar surface area (TPSA) is 46.5 Å². The Morgan fingerprint density at radius 1 is 1.24 bits per heavy atom. The number of carboxylic acid groups (broad SMARTS) is 1. The Morgan fingerprint density at radius 2 is 1.95 bits per heavy atom. The maximum Gasteiger partial charge on any atom is 0.314 e. The number of ether oxygens (including phenoxy) is 1. The molecular formula is C17H17FO3. The predicted octanol–water partition coefficient (Wildman–Crippen LogP) is 3.42. The second kappa shape index (κ2) is 5.95. The highest BCUT2D eigenvalue weighted by Gasteiger charge is 2.37. The minimum absolute atomic E-state index is 0.181. The number of benzene rings is 2. The van der Waals surface area contributed by atoms with Crippen molar-refractivity contribution in [2.75, 3.05) is 7.11 Å². The van der Waals surface area contributed by atoms with Crippen molar-refractivity contribution in [2.45, 2.75) is 18.8 Å². The maximum atomic E-state index is 14.0. The lowest BCUT2D eigenvalue weighted by atomic mass is 9.77. The van der Waals surface area contributed by atoms with Gasteiger partial charge in [-0.15, -0.1) is 0 Å². The number of carbonyl (C=O) groups is 1. The Hall–Kier alpha value is -2.36. The van der Waals surface area contributed by atoms with Crippen molar-refractivity contribution in [1.82, 2.24) is 0 Å². The highest BCUT2D eigenvalue weighted by molar-refractivity contribution is 5.81. The number of hydrogen-bond acceptors (Lipinski definition) is 2.